The maximum absolute atomic E-state index is 14.5. The van der Waals surface area contributed by atoms with Crippen LogP contribution in [0.25, 0.3) is 0 Å². The SMILES string of the molecule is Cc1ccc(N2C(=O)C[C@@H](C3(c4ccccc4)C(=O)N(C(=O)OC(C)(C)C)c4ccccc43)C2=O)cc1. The van der Waals surface area contributed by atoms with Gasteiger partial charge in [0, 0.05) is 6.42 Å². The van der Waals surface area contributed by atoms with Crippen molar-refractivity contribution in [1.82, 2.24) is 0 Å². The molecule has 1 saturated heterocycles. The summed E-state index contributed by atoms with van der Waals surface area (Å²) in [6.45, 7) is 7.09. The van der Waals surface area contributed by atoms with E-state index in [1.54, 1.807) is 81.4 Å². The van der Waals surface area contributed by atoms with Gasteiger partial charge in [0.05, 0.1) is 17.3 Å². The van der Waals surface area contributed by atoms with E-state index in [2.05, 4.69) is 0 Å². The second-order valence-corrected chi connectivity index (χ2v) is 10.5. The average Bonchev–Trinajstić information content (AvgIpc) is 3.29. The minimum atomic E-state index is -1.58. The quantitative estimate of drug-likeness (QED) is 0.469. The number of amides is 4. The van der Waals surface area contributed by atoms with Crippen molar-refractivity contribution in [3.63, 3.8) is 0 Å². The summed E-state index contributed by atoms with van der Waals surface area (Å²) in [5, 5.41) is 0. The Labute approximate surface area is 215 Å². The molecule has 0 aliphatic carbocycles. The molecule has 5 rings (SSSR count). The maximum Gasteiger partial charge on any atom is 0.421 e. The molecule has 4 amide bonds. The molecule has 7 heteroatoms. The van der Waals surface area contributed by atoms with Gasteiger partial charge in [0.15, 0.2) is 0 Å². The Morgan fingerprint density at radius 2 is 1.51 bits per heavy atom. The van der Waals surface area contributed by atoms with Crippen LogP contribution in [-0.4, -0.2) is 29.4 Å². The third-order valence-electron chi connectivity index (χ3n) is 6.88. The van der Waals surface area contributed by atoms with Crippen molar-refractivity contribution in [2.45, 2.75) is 45.1 Å². The van der Waals surface area contributed by atoms with Crippen LogP contribution in [0.2, 0.25) is 0 Å². The minimum Gasteiger partial charge on any atom is -0.443 e. The Morgan fingerprint density at radius 1 is 0.892 bits per heavy atom. The van der Waals surface area contributed by atoms with Gasteiger partial charge in [0.2, 0.25) is 11.8 Å². The summed E-state index contributed by atoms with van der Waals surface area (Å²) < 4.78 is 5.59. The topological polar surface area (TPSA) is 84.0 Å². The number of ether oxygens (including phenoxy) is 1. The van der Waals surface area contributed by atoms with Gasteiger partial charge in [-0.05, 0) is 57.0 Å². The van der Waals surface area contributed by atoms with Crippen LogP contribution in [0.1, 0.15) is 43.9 Å². The Bertz CT molecular complexity index is 1410. The van der Waals surface area contributed by atoms with E-state index in [0.717, 1.165) is 15.4 Å². The number of rotatable bonds is 3. The molecule has 0 bridgehead atoms. The van der Waals surface area contributed by atoms with Crippen molar-refractivity contribution in [3.8, 4) is 0 Å². The Hall–Kier alpha value is -4.26. The molecule has 1 unspecified atom stereocenters. The summed E-state index contributed by atoms with van der Waals surface area (Å²) in [4.78, 5) is 57.4. The first-order chi connectivity index (χ1) is 17.6. The summed E-state index contributed by atoms with van der Waals surface area (Å²) in [5.41, 5.74) is 0.401. The van der Waals surface area contributed by atoms with Gasteiger partial charge in [-0.15, -0.1) is 0 Å². The number of fused-ring (bicyclic) bond motifs is 1. The monoisotopic (exact) mass is 496 g/mol. The molecule has 3 aromatic rings. The number of hydrogen-bond donors (Lipinski definition) is 0. The summed E-state index contributed by atoms with van der Waals surface area (Å²) in [6.07, 6.45) is -1.00. The molecule has 0 spiro atoms. The number of carbonyl (C=O) groups excluding carboxylic acids is 4. The highest BCUT2D eigenvalue weighted by Crippen LogP contribution is 2.54. The second kappa shape index (κ2) is 8.69. The van der Waals surface area contributed by atoms with E-state index in [1.165, 1.54) is 0 Å². The fraction of sp³-hybridized carbons (Fsp3) is 0.267. The van der Waals surface area contributed by atoms with Crippen LogP contribution >= 0.6 is 0 Å². The van der Waals surface area contributed by atoms with Gasteiger partial charge in [-0.3, -0.25) is 19.3 Å². The zero-order chi connectivity index (χ0) is 26.5. The van der Waals surface area contributed by atoms with Gasteiger partial charge >= 0.3 is 6.09 Å². The number of benzene rings is 3. The highest BCUT2D eigenvalue weighted by molar-refractivity contribution is 6.28. The smallest absolute Gasteiger partial charge is 0.421 e. The van der Waals surface area contributed by atoms with Crippen LogP contribution in [0.3, 0.4) is 0 Å². The van der Waals surface area contributed by atoms with Gasteiger partial charge in [0.25, 0.3) is 5.91 Å². The van der Waals surface area contributed by atoms with E-state index in [9.17, 15) is 19.2 Å². The molecule has 1 fully saturated rings. The van der Waals surface area contributed by atoms with Crippen LogP contribution in [0, 0.1) is 12.8 Å². The van der Waals surface area contributed by atoms with E-state index >= 15 is 0 Å². The number of anilines is 2. The van der Waals surface area contributed by atoms with E-state index in [-0.39, 0.29) is 6.42 Å². The third kappa shape index (κ3) is 3.82. The molecule has 188 valence electrons. The first-order valence-electron chi connectivity index (χ1n) is 12.2. The molecule has 2 aliphatic heterocycles. The highest BCUT2D eigenvalue weighted by Gasteiger charge is 2.64. The van der Waals surface area contributed by atoms with E-state index in [0.29, 0.717) is 22.5 Å². The summed E-state index contributed by atoms with van der Waals surface area (Å²) in [6, 6.07) is 22.9. The van der Waals surface area contributed by atoms with Crippen molar-refractivity contribution >= 4 is 35.2 Å². The van der Waals surface area contributed by atoms with Crippen LogP contribution in [0.5, 0.6) is 0 Å². The van der Waals surface area contributed by atoms with Crippen molar-refractivity contribution < 1.29 is 23.9 Å². The normalized spacial score (nSPS) is 21.4. The summed E-state index contributed by atoms with van der Waals surface area (Å²) in [5.74, 6) is -2.53. The predicted octanol–water partition coefficient (Wildman–Crippen LogP) is 5.14. The fourth-order valence-electron chi connectivity index (χ4n) is 5.35. The van der Waals surface area contributed by atoms with Gasteiger partial charge in [-0.2, -0.15) is 0 Å². The van der Waals surface area contributed by atoms with Crippen molar-refractivity contribution in [2.24, 2.45) is 5.92 Å². The highest BCUT2D eigenvalue weighted by atomic mass is 16.6. The Kier molecular flexibility index (Phi) is 5.74. The van der Waals surface area contributed by atoms with E-state index < -0.39 is 40.7 Å². The molecular weight excluding hydrogens is 468 g/mol. The molecule has 0 aromatic heterocycles. The molecule has 3 aromatic carbocycles. The minimum absolute atomic E-state index is 0.177. The largest absolute Gasteiger partial charge is 0.443 e. The van der Waals surface area contributed by atoms with Gasteiger partial charge in [0.1, 0.15) is 11.0 Å². The standard InChI is InChI=1S/C30H28N2O5/c1-19-14-16-21(17-15-19)31-25(33)18-23(26(31)34)30(20-10-6-5-7-11-20)22-12-8-9-13-24(22)32(27(30)35)28(36)37-29(2,3)4/h5-17,23H,18H2,1-4H3/t23-,30?/m1/s1. The molecule has 2 heterocycles. The molecule has 2 aliphatic rings. The maximum atomic E-state index is 14.5. The Morgan fingerprint density at radius 3 is 2.16 bits per heavy atom. The number of aryl methyl sites for hydroxylation is 1. The lowest BCUT2D eigenvalue weighted by Crippen LogP contribution is -2.51. The summed E-state index contributed by atoms with van der Waals surface area (Å²) in [7, 11) is 0. The lowest BCUT2D eigenvalue weighted by Gasteiger charge is -2.33. The average molecular weight is 497 g/mol. The molecule has 0 saturated carbocycles. The van der Waals surface area contributed by atoms with Crippen LogP contribution in [-0.2, 0) is 24.5 Å². The lowest BCUT2D eigenvalue weighted by atomic mass is 9.65. The molecular formula is C30H28N2O5. The van der Waals surface area contributed by atoms with Crippen molar-refractivity contribution in [1.29, 1.82) is 0 Å². The number of nitrogens with zero attached hydrogens (tertiary/aromatic N) is 2. The zero-order valence-corrected chi connectivity index (χ0v) is 21.2. The third-order valence-corrected chi connectivity index (χ3v) is 6.88. The molecule has 7 nitrogen and oxygen atoms in total. The van der Waals surface area contributed by atoms with Crippen LogP contribution in [0.15, 0.2) is 78.9 Å². The van der Waals surface area contributed by atoms with E-state index in [1.807, 2.05) is 25.1 Å². The van der Waals surface area contributed by atoms with Crippen molar-refractivity contribution in [2.75, 3.05) is 9.80 Å². The summed E-state index contributed by atoms with van der Waals surface area (Å²) >= 11 is 0. The number of hydrogen-bond acceptors (Lipinski definition) is 5. The Balaban J connectivity index is 1.71. The zero-order valence-electron chi connectivity index (χ0n) is 21.2. The van der Waals surface area contributed by atoms with E-state index in [4.69, 9.17) is 4.74 Å². The van der Waals surface area contributed by atoms with Gasteiger partial charge < -0.3 is 4.74 Å². The molecule has 0 N–H and O–H groups in total. The number of para-hydroxylation sites is 1. The van der Waals surface area contributed by atoms with Gasteiger partial charge in [-0.25, -0.2) is 9.69 Å². The first-order valence-corrected chi connectivity index (χ1v) is 12.2. The lowest BCUT2D eigenvalue weighted by molar-refractivity contribution is -0.130. The number of imide groups is 2. The van der Waals surface area contributed by atoms with Crippen LogP contribution in [0.4, 0.5) is 16.2 Å². The molecule has 37 heavy (non-hydrogen) atoms. The fourth-order valence-corrected chi connectivity index (χ4v) is 5.35. The van der Waals surface area contributed by atoms with Crippen LogP contribution < -0.4 is 9.80 Å². The van der Waals surface area contributed by atoms with Gasteiger partial charge in [-0.1, -0.05) is 66.2 Å². The second-order valence-electron chi connectivity index (χ2n) is 10.5. The molecule has 2 atom stereocenters. The van der Waals surface area contributed by atoms with Crippen molar-refractivity contribution in [3.05, 3.63) is 95.6 Å². The first kappa shape index (κ1) is 24.4. The molecule has 0 radical (unpaired) electrons. The predicted molar refractivity (Wildman–Crippen MR) is 139 cm³/mol. The number of carbonyl (C=O) groups is 4.